The molecule has 104 valence electrons. The summed E-state index contributed by atoms with van der Waals surface area (Å²) in [6, 6.07) is -0.0264. The van der Waals surface area contributed by atoms with E-state index < -0.39 is 6.04 Å². The molecule has 0 heterocycles. The molecule has 1 atom stereocenters. The van der Waals surface area contributed by atoms with Gasteiger partial charge in [-0.3, -0.25) is 4.79 Å². The first-order valence-electron chi connectivity index (χ1n) is 7.27. The molecule has 2 aliphatic rings. The van der Waals surface area contributed by atoms with Gasteiger partial charge in [-0.15, -0.1) is 0 Å². The summed E-state index contributed by atoms with van der Waals surface area (Å²) in [4.78, 5) is 14.4. The first-order chi connectivity index (χ1) is 8.72. The predicted octanol–water partition coefficient (Wildman–Crippen LogP) is 1.53. The van der Waals surface area contributed by atoms with E-state index in [0.717, 1.165) is 19.4 Å². The van der Waals surface area contributed by atoms with Crippen molar-refractivity contribution < 1.29 is 9.53 Å². The molecule has 2 aliphatic carbocycles. The van der Waals surface area contributed by atoms with E-state index >= 15 is 0 Å². The summed E-state index contributed by atoms with van der Waals surface area (Å²) in [5.74, 6) is 0.781. The second-order valence-corrected chi connectivity index (χ2v) is 5.79. The molecule has 0 radical (unpaired) electrons. The number of nitrogens with two attached hydrogens (primary N) is 1. The molecule has 0 aromatic carbocycles. The number of amides is 1. The van der Waals surface area contributed by atoms with E-state index in [4.69, 9.17) is 10.5 Å². The third kappa shape index (κ3) is 3.69. The quantitative estimate of drug-likeness (QED) is 0.782. The zero-order valence-corrected chi connectivity index (χ0v) is 11.4. The molecule has 2 fully saturated rings. The summed E-state index contributed by atoms with van der Waals surface area (Å²) in [7, 11) is 1.59. The Bertz CT molecular complexity index is 273. The van der Waals surface area contributed by atoms with E-state index in [1.165, 1.54) is 32.1 Å². The van der Waals surface area contributed by atoms with E-state index in [9.17, 15) is 4.79 Å². The van der Waals surface area contributed by atoms with Gasteiger partial charge >= 0.3 is 0 Å². The van der Waals surface area contributed by atoms with Gasteiger partial charge in [-0.2, -0.15) is 0 Å². The van der Waals surface area contributed by atoms with E-state index in [1.807, 2.05) is 4.90 Å². The number of ether oxygens (including phenoxy) is 1. The number of rotatable bonds is 6. The lowest BCUT2D eigenvalue weighted by Crippen LogP contribution is -2.48. The Morgan fingerprint density at radius 1 is 1.28 bits per heavy atom. The first kappa shape index (κ1) is 13.8. The van der Waals surface area contributed by atoms with Crippen LogP contribution in [0, 0.1) is 5.92 Å². The number of hydrogen-bond donors (Lipinski definition) is 1. The molecule has 0 spiro atoms. The SMILES string of the molecule is COCC(N)C(=O)N(CC1CCCCC1)C1CC1. The molecule has 18 heavy (non-hydrogen) atoms. The Kier molecular flexibility index (Phi) is 5.01. The molecular formula is C14H26N2O2. The van der Waals surface area contributed by atoms with Crippen LogP contribution in [0.2, 0.25) is 0 Å². The third-order valence-corrected chi connectivity index (χ3v) is 4.11. The Hall–Kier alpha value is -0.610. The molecule has 1 amide bonds. The highest BCUT2D eigenvalue weighted by atomic mass is 16.5. The summed E-state index contributed by atoms with van der Waals surface area (Å²) in [6.45, 7) is 1.24. The maximum absolute atomic E-state index is 12.3. The molecule has 2 N–H and O–H groups in total. The fourth-order valence-electron chi connectivity index (χ4n) is 2.92. The minimum absolute atomic E-state index is 0.0879. The first-order valence-corrected chi connectivity index (χ1v) is 7.27. The summed E-state index contributed by atoms with van der Waals surface area (Å²) < 4.78 is 4.99. The van der Waals surface area contributed by atoms with E-state index in [2.05, 4.69) is 0 Å². The number of nitrogens with zero attached hydrogens (tertiary/aromatic N) is 1. The average Bonchev–Trinajstić information content (AvgIpc) is 3.21. The fraction of sp³-hybridized carbons (Fsp3) is 0.929. The lowest BCUT2D eigenvalue weighted by atomic mass is 9.89. The highest BCUT2D eigenvalue weighted by Crippen LogP contribution is 2.31. The molecule has 1 unspecified atom stereocenters. The largest absolute Gasteiger partial charge is 0.383 e. The van der Waals surface area contributed by atoms with Crippen LogP contribution >= 0.6 is 0 Å². The monoisotopic (exact) mass is 254 g/mol. The molecule has 4 nitrogen and oxygen atoms in total. The van der Waals surface area contributed by atoms with Crippen molar-refractivity contribution in [2.45, 2.75) is 57.0 Å². The average molecular weight is 254 g/mol. The van der Waals surface area contributed by atoms with Crippen LogP contribution in [-0.2, 0) is 9.53 Å². The Labute approximate surface area is 110 Å². The van der Waals surface area contributed by atoms with Crippen molar-refractivity contribution in [2.75, 3.05) is 20.3 Å². The fourth-order valence-corrected chi connectivity index (χ4v) is 2.92. The number of carbonyl (C=O) groups is 1. The van der Waals surface area contributed by atoms with Gasteiger partial charge in [-0.05, 0) is 31.6 Å². The maximum atomic E-state index is 12.3. The normalized spacial score (nSPS) is 22.8. The zero-order valence-electron chi connectivity index (χ0n) is 11.4. The van der Waals surface area contributed by atoms with Crippen LogP contribution in [0.5, 0.6) is 0 Å². The Morgan fingerprint density at radius 2 is 1.94 bits per heavy atom. The van der Waals surface area contributed by atoms with Crippen LogP contribution in [0.3, 0.4) is 0 Å². The lowest BCUT2D eigenvalue weighted by molar-refractivity contribution is -0.135. The number of hydrogen-bond acceptors (Lipinski definition) is 3. The Morgan fingerprint density at radius 3 is 2.50 bits per heavy atom. The smallest absolute Gasteiger partial charge is 0.242 e. The lowest BCUT2D eigenvalue weighted by Gasteiger charge is -2.31. The predicted molar refractivity (Wildman–Crippen MR) is 71.2 cm³/mol. The summed E-state index contributed by atoms with van der Waals surface area (Å²) in [6.07, 6.45) is 8.85. The van der Waals surface area contributed by atoms with E-state index in [1.54, 1.807) is 7.11 Å². The second kappa shape index (κ2) is 6.53. The van der Waals surface area contributed by atoms with Gasteiger partial charge in [0.1, 0.15) is 6.04 Å². The molecular weight excluding hydrogens is 228 g/mol. The zero-order chi connectivity index (χ0) is 13.0. The highest BCUT2D eigenvalue weighted by molar-refractivity contribution is 5.82. The summed E-state index contributed by atoms with van der Waals surface area (Å²) in [5.41, 5.74) is 5.88. The van der Waals surface area contributed by atoms with Gasteiger partial charge in [0, 0.05) is 19.7 Å². The van der Waals surface area contributed by atoms with Gasteiger partial charge < -0.3 is 15.4 Å². The van der Waals surface area contributed by atoms with Gasteiger partial charge in [0.2, 0.25) is 5.91 Å². The third-order valence-electron chi connectivity index (χ3n) is 4.11. The van der Waals surface area contributed by atoms with Gasteiger partial charge in [-0.25, -0.2) is 0 Å². The van der Waals surface area contributed by atoms with Gasteiger partial charge in [-0.1, -0.05) is 19.3 Å². The number of carbonyl (C=O) groups excluding carboxylic acids is 1. The highest BCUT2D eigenvalue weighted by Gasteiger charge is 2.36. The van der Waals surface area contributed by atoms with Gasteiger partial charge in [0.15, 0.2) is 0 Å². The van der Waals surface area contributed by atoms with Crippen molar-refractivity contribution in [3.63, 3.8) is 0 Å². The van der Waals surface area contributed by atoms with Crippen LogP contribution in [0.25, 0.3) is 0 Å². The molecule has 2 saturated carbocycles. The summed E-state index contributed by atoms with van der Waals surface area (Å²) >= 11 is 0. The second-order valence-electron chi connectivity index (χ2n) is 5.79. The molecule has 0 aliphatic heterocycles. The van der Waals surface area contributed by atoms with Crippen molar-refractivity contribution in [3.05, 3.63) is 0 Å². The topological polar surface area (TPSA) is 55.6 Å². The van der Waals surface area contributed by atoms with Crippen LogP contribution in [-0.4, -0.2) is 43.2 Å². The summed E-state index contributed by atoms with van der Waals surface area (Å²) in [5, 5.41) is 0. The van der Waals surface area contributed by atoms with Crippen molar-refractivity contribution in [2.24, 2.45) is 11.7 Å². The van der Waals surface area contributed by atoms with E-state index in [-0.39, 0.29) is 5.91 Å². The molecule has 2 rings (SSSR count). The minimum atomic E-state index is -0.487. The molecule has 0 aromatic rings. The van der Waals surface area contributed by atoms with Crippen LogP contribution < -0.4 is 5.73 Å². The van der Waals surface area contributed by atoms with Crippen molar-refractivity contribution in [1.82, 2.24) is 4.90 Å². The molecule has 0 aromatic heterocycles. The molecule has 4 heteroatoms. The van der Waals surface area contributed by atoms with E-state index in [0.29, 0.717) is 18.6 Å². The Balaban J connectivity index is 1.88. The van der Waals surface area contributed by atoms with Gasteiger partial charge in [0.05, 0.1) is 6.61 Å². The molecule has 0 saturated heterocycles. The minimum Gasteiger partial charge on any atom is -0.383 e. The maximum Gasteiger partial charge on any atom is 0.242 e. The standard InChI is InChI=1S/C14H26N2O2/c1-18-10-13(15)14(17)16(12-7-8-12)9-11-5-3-2-4-6-11/h11-13H,2-10,15H2,1H3. The van der Waals surface area contributed by atoms with Gasteiger partial charge in [0.25, 0.3) is 0 Å². The van der Waals surface area contributed by atoms with Crippen molar-refractivity contribution in [3.8, 4) is 0 Å². The van der Waals surface area contributed by atoms with Crippen LogP contribution in [0.1, 0.15) is 44.9 Å². The van der Waals surface area contributed by atoms with Crippen LogP contribution in [0.15, 0.2) is 0 Å². The van der Waals surface area contributed by atoms with Crippen molar-refractivity contribution >= 4 is 5.91 Å². The number of methoxy groups -OCH3 is 1. The molecule has 0 bridgehead atoms. The van der Waals surface area contributed by atoms with Crippen molar-refractivity contribution in [1.29, 1.82) is 0 Å². The van der Waals surface area contributed by atoms with Crippen LogP contribution in [0.4, 0.5) is 0 Å².